The van der Waals surface area contributed by atoms with Crippen LogP contribution < -0.4 is 0 Å². The predicted molar refractivity (Wildman–Crippen MR) is 99.2 cm³/mol. The van der Waals surface area contributed by atoms with Gasteiger partial charge in [0.25, 0.3) is 0 Å². The van der Waals surface area contributed by atoms with Crippen molar-refractivity contribution in [2.24, 2.45) is 0 Å². The van der Waals surface area contributed by atoms with E-state index in [1.54, 1.807) is 0 Å². The van der Waals surface area contributed by atoms with Crippen LogP contribution in [0, 0.1) is 13.8 Å². The quantitative estimate of drug-likeness (QED) is 0.812. The van der Waals surface area contributed by atoms with Crippen molar-refractivity contribution in [2.45, 2.75) is 45.8 Å². The minimum absolute atomic E-state index is 0.225. The van der Waals surface area contributed by atoms with Crippen molar-refractivity contribution in [3.8, 4) is 0 Å². The molecule has 0 spiro atoms. The van der Waals surface area contributed by atoms with E-state index in [9.17, 15) is 4.79 Å². The molecule has 0 saturated carbocycles. The third-order valence-electron chi connectivity index (χ3n) is 4.89. The predicted octanol–water partition coefficient (Wildman–Crippen LogP) is 2.62. The molecule has 2 aromatic rings. The Hall–Kier alpha value is -2.14. The number of aromatic nitrogens is 2. The highest BCUT2D eigenvalue weighted by Gasteiger charge is 2.29. The van der Waals surface area contributed by atoms with Crippen molar-refractivity contribution in [1.29, 1.82) is 0 Å². The molecule has 1 aliphatic heterocycles. The van der Waals surface area contributed by atoms with Crippen molar-refractivity contribution in [3.63, 3.8) is 0 Å². The van der Waals surface area contributed by atoms with Gasteiger partial charge in [-0.2, -0.15) is 5.10 Å². The smallest absolute Gasteiger partial charge is 0.237 e. The number of carbonyl (C=O) groups excluding carboxylic acids is 1. The van der Waals surface area contributed by atoms with E-state index in [0.717, 1.165) is 43.9 Å². The number of benzene rings is 1. The van der Waals surface area contributed by atoms with Crippen molar-refractivity contribution >= 4 is 5.91 Å². The van der Waals surface area contributed by atoms with Gasteiger partial charge >= 0.3 is 0 Å². The summed E-state index contributed by atoms with van der Waals surface area (Å²) in [5.41, 5.74) is 3.44. The van der Waals surface area contributed by atoms with E-state index in [2.05, 4.69) is 40.0 Å². The summed E-state index contributed by atoms with van der Waals surface area (Å²) in [4.78, 5) is 16.9. The van der Waals surface area contributed by atoms with Gasteiger partial charge in [0.15, 0.2) is 0 Å². The SMILES string of the molecule is Cc1cc(C)n(C[C@@H]2CCCN2C(=O)CN(C)Cc2ccccc2)n1. The topological polar surface area (TPSA) is 41.4 Å². The number of nitrogens with zero attached hydrogens (tertiary/aromatic N) is 4. The molecule has 1 amide bonds. The van der Waals surface area contributed by atoms with Crippen LogP contribution in [0.3, 0.4) is 0 Å². The molecule has 134 valence electrons. The zero-order valence-electron chi connectivity index (χ0n) is 15.5. The molecular weight excluding hydrogens is 312 g/mol. The average Bonchev–Trinajstić information content (AvgIpc) is 3.15. The van der Waals surface area contributed by atoms with Gasteiger partial charge in [0.2, 0.25) is 5.91 Å². The molecule has 0 aliphatic carbocycles. The monoisotopic (exact) mass is 340 g/mol. The Morgan fingerprint density at radius 2 is 2.04 bits per heavy atom. The molecule has 1 atom stereocenters. The molecule has 1 fully saturated rings. The van der Waals surface area contributed by atoms with E-state index < -0.39 is 0 Å². The lowest BCUT2D eigenvalue weighted by Crippen LogP contribution is -2.43. The second-order valence-electron chi connectivity index (χ2n) is 7.15. The minimum atomic E-state index is 0.225. The van der Waals surface area contributed by atoms with E-state index in [0.29, 0.717) is 6.54 Å². The summed E-state index contributed by atoms with van der Waals surface area (Å²) in [7, 11) is 2.01. The van der Waals surface area contributed by atoms with Gasteiger partial charge in [-0.3, -0.25) is 14.4 Å². The second kappa shape index (κ2) is 7.83. The first-order valence-corrected chi connectivity index (χ1v) is 9.06. The fourth-order valence-electron chi connectivity index (χ4n) is 3.69. The lowest BCUT2D eigenvalue weighted by Gasteiger charge is -2.27. The number of likely N-dealkylation sites (tertiary alicyclic amines) is 1. The van der Waals surface area contributed by atoms with Crippen LogP contribution >= 0.6 is 0 Å². The van der Waals surface area contributed by atoms with Crippen LogP contribution in [0.15, 0.2) is 36.4 Å². The van der Waals surface area contributed by atoms with Crippen molar-refractivity contribution in [3.05, 3.63) is 53.3 Å². The fraction of sp³-hybridized carbons (Fsp3) is 0.500. The van der Waals surface area contributed by atoms with Crippen LogP contribution in [0.4, 0.5) is 0 Å². The molecule has 0 N–H and O–H groups in total. The van der Waals surface area contributed by atoms with Crippen molar-refractivity contribution in [2.75, 3.05) is 20.1 Å². The zero-order chi connectivity index (χ0) is 17.8. The summed E-state index contributed by atoms with van der Waals surface area (Å²) in [6, 6.07) is 12.6. The lowest BCUT2D eigenvalue weighted by atomic mass is 10.2. The maximum absolute atomic E-state index is 12.8. The highest BCUT2D eigenvalue weighted by atomic mass is 16.2. The van der Waals surface area contributed by atoms with Crippen molar-refractivity contribution in [1.82, 2.24) is 19.6 Å². The van der Waals surface area contributed by atoms with Gasteiger partial charge in [-0.25, -0.2) is 0 Å². The average molecular weight is 340 g/mol. The molecule has 5 heteroatoms. The molecule has 25 heavy (non-hydrogen) atoms. The molecular formula is C20H28N4O. The normalized spacial score (nSPS) is 17.4. The van der Waals surface area contributed by atoms with Crippen LogP contribution in [0.1, 0.15) is 29.8 Å². The standard InChI is InChI=1S/C20H28N4O/c1-16-12-17(2)24(21-16)14-19-10-7-11-23(19)20(25)15-22(3)13-18-8-5-4-6-9-18/h4-6,8-9,12,19H,7,10-11,13-15H2,1-3H3/t19-/m0/s1. The molecule has 3 rings (SSSR count). The van der Waals surface area contributed by atoms with Gasteiger partial charge in [0, 0.05) is 18.8 Å². The third-order valence-corrected chi connectivity index (χ3v) is 4.89. The summed E-state index contributed by atoms with van der Waals surface area (Å²) in [5.74, 6) is 0.225. The Labute approximate surface area is 150 Å². The van der Waals surface area contributed by atoms with Gasteiger partial charge < -0.3 is 4.90 Å². The van der Waals surface area contributed by atoms with Crippen LogP contribution in [0.25, 0.3) is 0 Å². The summed E-state index contributed by atoms with van der Waals surface area (Å²) >= 11 is 0. The molecule has 0 radical (unpaired) electrons. The first-order chi connectivity index (χ1) is 12.0. The maximum Gasteiger partial charge on any atom is 0.237 e. The number of likely N-dealkylation sites (N-methyl/N-ethyl adjacent to an activating group) is 1. The van der Waals surface area contributed by atoms with Crippen LogP contribution in [0.5, 0.6) is 0 Å². The second-order valence-corrected chi connectivity index (χ2v) is 7.15. The Morgan fingerprint density at radius 3 is 2.72 bits per heavy atom. The van der Waals surface area contributed by atoms with Crippen molar-refractivity contribution < 1.29 is 4.79 Å². The lowest BCUT2D eigenvalue weighted by molar-refractivity contribution is -0.133. The van der Waals surface area contributed by atoms with Crippen LogP contribution in [-0.4, -0.2) is 51.7 Å². The van der Waals surface area contributed by atoms with E-state index in [1.807, 2.05) is 36.9 Å². The van der Waals surface area contributed by atoms with E-state index >= 15 is 0 Å². The number of hydrogen-bond acceptors (Lipinski definition) is 3. The van der Waals surface area contributed by atoms with Gasteiger partial charge in [0.1, 0.15) is 0 Å². The highest BCUT2D eigenvalue weighted by molar-refractivity contribution is 5.78. The Balaban J connectivity index is 1.57. The largest absolute Gasteiger partial charge is 0.337 e. The Bertz CT molecular complexity index is 710. The molecule has 1 aromatic carbocycles. The van der Waals surface area contributed by atoms with Gasteiger partial charge in [0.05, 0.1) is 24.8 Å². The maximum atomic E-state index is 12.8. The summed E-state index contributed by atoms with van der Waals surface area (Å²) < 4.78 is 2.04. The number of amides is 1. The molecule has 2 heterocycles. The van der Waals surface area contributed by atoms with Crippen LogP contribution in [0.2, 0.25) is 0 Å². The summed E-state index contributed by atoms with van der Waals surface area (Å²) in [6.45, 7) is 7.01. The van der Waals surface area contributed by atoms with Crippen LogP contribution in [-0.2, 0) is 17.9 Å². The number of rotatable bonds is 6. The fourth-order valence-corrected chi connectivity index (χ4v) is 3.69. The van der Waals surface area contributed by atoms with E-state index in [4.69, 9.17) is 0 Å². The molecule has 1 saturated heterocycles. The highest BCUT2D eigenvalue weighted by Crippen LogP contribution is 2.20. The van der Waals surface area contributed by atoms with Gasteiger partial charge in [-0.1, -0.05) is 30.3 Å². The molecule has 5 nitrogen and oxygen atoms in total. The Morgan fingerprint density at radius 1 is 1.28 bits per heavy atom. The molecule has 1 aliphatic rings. The number of aryl methyl sites for hydroxylation is 2. The molecule has 0 unspecified atom stereocenters. The molecule has 0 bridgehead atoms. The Kier molecular flexibility index (Phi) is 5.53. The third kappa shape index (κ3) is 4.48. The summed E-state index contributed by atoms with van der Waals surface area (Å²) in [5, 5.41) is 4.55. The van der Waals surface area contributed by atoms with Gasteiger partial charge in [-0.05, 0) is 45.4 Å². The van der Waals surface area contributed by atoms with Gasteiger partial charge in [-0.15, -0.1) is 0 Å². The number of carbonyl (C=O) groups is 1. The van der Waals surface area contributed by atoms with E-state index in [1.165, 1.54) is 5.56 Å². The first kappa shape index (κ1) is 17.7. The summed E-state index contributed by atoms with van der Waals surface area (Å²) in [6.07, 6.45) is 2.14. The zero-order valence-corrected chi connectivity index (χ0v) is 15.5. The minimum Gasteiger partial charge on any atom is -0.337 e. The number of hydrogen-bond donors (Lipinski definition) is 0. The first-order valence-electron chi connectivity index (χ1n) is 9.06. The molecule has 1 aromatic heterocycles. The van der Waals surface area contributed by atoms with E-state index in [-0.39, 0.29) is 11.9 Å².